The predicted octanol–water partition coefficient (Wildman–Crippen LogP) is 0.325. The molecule has 3 heterocycles. The topological polar surface area (TPSA) is 91.4 Å². The molecule has 3 amide bonds. The Hall–Kier alpha value is -2.44. The van der Waals surface area contributed by atoms with E-state index in [9.17, 15) is 14.4 Å². The zero-order valence-electron chi connectivity index (χ0n) is 13.9. The van der Waals surface area contributed by atoms with Crippen molar-refractivity contribution in [3.63, 3.8) is 0 Å². The Morgan fingerprint density at radius 2 is 2.04 bits per heavy atom. The smallest absolute Gasteiger partial charge is 0.251 e. The minimum atomic E-state index is -0.496. The lowest BCUT2D eigenvalue weighted by molar-refractivity contribution is -0.152. The molecular formula is C17H22N4O3. The molecule has 3 rings (SSSR count). The molecule has 24 heavy (non-hydrogen) atoms. The van der Waals surface area contributed by atoms with Crippen molar-refractivity contribution in [1.82, 2.24) is 20.5 Å². The van der Waals surface area contributed by atoms with Gasteiger partial charge in [0, 0.05) is 30.5 Å². The van der Waals surface area contributed by atoms with E-state index in [-0.39, 0.29) is 29.7 Å². The van der Waals surface area contributed by atoms with Gasteiger partial charge in [0.2, 0.25) is 11.8 Å². The Balaban J connectivity index is 1.66. The van der Waals surface area contributed by atoms with Crippen LogP contribution in [0.4, 0.5) is 0 Å². The van der Waals surface area contributed by atoms with Crippen LogP contribution in [0.5, 0.6) is 0 Å². The molecule has 128 valence electrons. The van der Waals surface area contributed by atoms with Gasteiger partial charge in [-0.3, -0.25) is 19.4 Å². The summed E-state index contributed by atoms with van der Waals surface area (Å²) in [6.45, 7) is 4.33. The number of pyridine rings is 1. The number of rotatable bonds is 3. The molecule has 0 saturated carbocycles. The average molecular weight is 330 g/mol. The Kier molecular flexibility index (Phi) is 4.51. The number of piperidine rings is 1. The third-order valence-corrected chi connectivity index (χ3v) is 4.70. The van der Waals surface area contributed by atoms with Crippen molar-refractivity contribution in [3.8, 4) is 0 Å². The first-order chi connectivity index (χ1) is 11.5. The lowest BCUT2D eigenvalue weighted by Crippen LogP contribution is -2.67. The summed E-state index contributed by atoms with van der Waals surface area (Å²) in [4.78, 5) is 42.7. The van der Waals surface area contributed by atoms with E-state index in [1.54, 1.807) is 29.4 Å². The van der Waals surface area contributed by atoms with Gasteiger partial charge in [-0.2, -0.15) is 0 Å². The highest BCUT2D eigenvalue weighted by molar-refractivity contribution is 5.97. The van der Waals surface area contributed by atoms with Crippen LogP contribution < -0.4 is 10.6 Å². The number of hydrogen-bond donors (Lipinski definition) is 2. The molecule has 2 N–H and O–H groups in total. The van der Waals surface area contributed by atoms with Gasteiger partial charge in [0.25, 0.3) is 5.91 Å². The number of hydrogen-bond acceptors (Lipinski definition) is 4. The van der Waals surface area contributed by atoms with Crippen LogP contribution in [0.15, 0.2) is 24.5 Å². The van der Waals surface area contributed by atoms with Crippen molar-refractivity contribution in [2.24, 2.45) is 5.92 Å². The van der Waals surface area contributed by atoms with Crippen LogP contribution in [0.25, 0.3) is 0 Å². The number of nitrogens with zero attached hydrogens (tertiary/aromatic N) is 2. The first-order valence-electron chi connectivity index (χ1n) is 8.29. The normalized spacial score (nSPS) is 26.8. The van der Waals surface area contributed by atoms with Gasteiger partial charge >= 0.3 is 0 Å². The molecule has 2 aliphatic heterocycles. The van der Waals surface area contributed by atoms with Gasteiger partial charge in [0.15, 0.2) is 0 Å². The number of carbonyl (C=O) groups excluding carboxylic acids is 3. The third kappa shape index (κ3) is 3.11. The van der Waals surface area contributed by atoms with Gasteiger partial charge in [-0.1, -0.05) is 13.8 Å². The van der Waals surface area contributed by atoms with E-state index in [1.807, 2.05) is 13.8 Å². The molecule has 0 bridgehead atoms. The second-order valence-corrected chi connectivity index (χ2v) is 6.71. The average Bonchev–Trinajstić information content (AvgIpc) is 2.58. The summed E-state index contributed by atoms with van der Waals surface area (Å²) < 4.78 is 0. The number of piperazine rings is 1. The molecule has 0 radical (unpaired) electrons. The highest BCUT2D eigenvalue weighted by Gasteiger charge is 2.44. The van der Waals surface area contributed by atoms with Crippen LogP contribution in [0.1, 0.15) is 37.0 Å². The molecule has 0 aliphatic carbocycles. The molecule has 3 unspecified atom stereocenters. The Morgan fingerprint density at radius 3 is 2.71 bits per heavy atom. The van der Waals surface area contributed by atoms with Crippen molar-refractivity contribution >= 4 is 17.7 Å². The standard InChI is InChI=1S/C17H22N4O3/c1-10(2)14-17(24)21-8-5-12(9-13(21)16(23)20-14)19-15(22)11-3-6-18-7-4-11/h3-4,6-7,10,12-14H,5,8-9H2,1-2H3,(H,19,22)(H,20,23). The molecule has 2 saturated heterocycles. The van der Waals surface area contributed by atoms with E-state index >= 15 is 0 Å². The SMILES string of the molecule is CC(C)C1NC(=O)C2CC(NC(=O)c3ccncc3)CCN2C1=O. The van der Waals surface area contributed by atoms with Gasteiger partial charge in [0.05, 0.1) is 0 Å². The molecule has 7 heteroatoms. The fourth-order valence-corrected chi connectivity index (χ4v) is 3.32. The van der Waals surface area contributed by atoms with Crippen LogP contribution in [0.3, 0.4) is 0 Å². The number of aromatic nitrogens is 1. The third-order valence-electron chi connectivity index (χ3n) is 4.70. The van der Waals surface area contributed by atoms with E-state index in [2.05, 4.69) is 15.6 Å². The summed E-state index contributed by atoms with van der Waals surface area (Å²) >= 11 is 0. The minimum Gasteiger partial charge on any atom is -0.349 e. The Labute approximate surface area is 140 Å². The second kappa shape index (κ2) is 6.59. The summed E-state index contributed by atoms with van der Waals surface area (Å²) in [5.41, 5.74) is 0.538. The lowest BCUT2D eigenvalue weighted by atomic mass is 9.90. The minimum absolute atomic E-state index is 0.0199. The monoisotopic (exact) mass is 330 g/mol. The first kappa shape index (κ1) is 16.4. The number of fused-ring (bicyclic) bond motifs is 1. The van der Waals surface area contributed by atoms with Gasteiger partial charge < -0.3 is 15.5 Å². The maximum absolute atomic E-state index is 12.5. The fraction of sp³-hybridized carbons (Fsp3) is 0.529. The largest absolute Gasteiger partial charge is 0.349 e. The molecule has 7 nitrogen and oxygen atoms in total. The lowest BCUT2D eigenvalue weighted by Gasteiger charge is -2.45. The molecule has 2 fully saturated rings. The maximum Gasteiger partial charge on any atom is 0.251 e. The van der Waals surface area contributed by atoms with Crippen LogP contribution in [-0.2, 0) is 9.59 Å². The van der Waals surface area contributed by atoms with Crippen molar-refractivity contribution in [2.75, 3.05) is 6.54 Å². The highest BCUT2D eigenvalue weighted by Crippen LogP contribution is 2.24. The van der Waals surface area contributed by atoms with E-state index in [0.717, 1.165) is 0 Å². The van der Waals surface area contributed by atoms with Crippen molar-refractivity contribution in [1.29, 1.82) is 0 Å². The maximum atomic E-state index is 12.5. The van der Waals surface area contributed by atoms with Crippen molar-refractivity contribution < 1.29 is 14.4 Å². The highest BCUT2D eigenvalue weighted by atomic mass is 16.2. The Bertz CT molecular complexity index is 646. The summed E-state index contributed by atoms with van der Waals surface area (Å²) in [6.07, 6.45) is 4.23. The van der Waals surface area contributed by atoms with E-state index in [4.69, 9.17) is 0 Å². The summed E-state index contributed by atoms with van der Waals surface area (Å²) in [7, 11) is 0. The molecule has 1 aromatic heterocycles. The van der Waals surface area contributed by atoms with Crippen molar-refractivity contribution in [2.45, 2.75) is 44.8 Å². The van der Waals surface area contributed by atoms with Crippen LogP contribution in [0.2, 0.25) is 0 Å². The summed E-state index contributed by atoms with van der Waals surface area (Å²) in [6, 6.07) is 2.23. The molecule has 2 aliphatic rings. The predicted molar refractivity (Wildman–Crippen MR) is 87.0 cm³/mol. The number of nitrogens with one attached hydrogen (secondary N) is 2. The molecule has 0 aromatic carbocycles. The summed E-state index contributed by atoms with van der Waals surface area (Å²) in [5, 5.41) is 5.77. The summed E-state index contributed by atoms with van der Waals surface area (Å²) in [5.74, 6) is -0.269. The number of amides is 3. The zero-order chi connectivity index (χ0) is 17.3. The van der Waals surface area contributed by atoms with Crippen molar-refractivity contribution in [3.05, 3.63) is 30.1 Å². The molecule has 1 aromatic rings. The molecular weight excluding hydrogens is 308 g/mol. The Morgan fingerprint density at radius 1 is 1.33 bits per heavy atom. The van der Waals surface area contributed by atoms with Gasteiger partial charge in [-0.15, -0.1) is 0 Å². The van der Waals surface area contributed by atoms with E-state index in [0.29, 0.717) is 24.9 Å². The van der Waals surface area contributed by atoms with E-state index in [1.165, 1.54) is 0 Å². The number of carbonyl (C=O) groups is 3. The quantitative estimate of drug-likeness (QED) is 0.835. The van der Waals surface area contributed by atoms with Crippen LogP contribution in [0, 0.1) is 5.92 Å². The molecule has 0 spiro atoms. The fourth-order valence-electron chi connectivity index (χ4n) is 3.32. The van der Waals surface area contributed by atoms with Crippen LogP contribution in [-0.4, -0.2) is 52.3 Å². The zero-order valence-corrected chi connectivity index (χ0v) is 13.9. The second-order valence-electron chi connectivity index (χ2n) is 6.71. The van der Waals surface area contributed by atoms with Gasteiger partial charge in [-0.25, -0.2) is 0 Å². The van der Waals surface area contributed by atoms with Gasteiger partial charge in [-0.05, 0) is 30.9 Å². The van der Waals surface area contributed by atoms with Crippen LogP contribution >= 0.6 is 0 Å². The molecule has 3 atom stereocenters. The van der Waals surface area contributed by atoms with E-state index < -0.39 is 12.1 Å². The first-order valence-corrected chi connectivity index (χ1v) is 8.29. The van der Waals surface area contributed by atoms with Gasteiger partial charge in [0.1, 0.15) is 12.1 Å².